The van der Waals surface area contributed by atoms with Crippen LogP contribution >= 0.6 is 0 Å². The number of H-pyrrole nitrogens is 1. The van der Waals surface area contributed by atoms with Crippen molar-refractivity contribution in [3.8, 4) is 17.0 Å². The maximum Gasteiger partial charge on any atom is 0.225 e. The molecule has 3 aliphatic heterocycles. The molecule has 40 heavy (non-hydrogen) atoms. The maximum atomic E-state index is 10.4. The molecule has 0 radical (unpaired) electrons. The Morgan fingerprint density at radius 1 is 0.975 bits per heavy atom. The van der Waals surface area contributed by atoms with Gasteiger partial charge >= 0.3 is 0 Å². The predicted octanol–water partition coefficient (Wildman–Crippen LogP) is 3.12. The maximum absolute atomic E-state index is 10.4. The Labute approximate surface area is 233 Å². The van der Waals surface area contributed by atoms with Crippen LogP contribution in [0.1, 0.15) is 37.1 Å². The molecule has 1 saturated carbocycles. The van der Waals surface area contributed by atoms with Crippen LogP contribution in [0.5, 0.6) is 5.75 Å². The monoisotopic (exact) mass is 537 g/mol. The Bertz CT molecular complexity index is 1550. The first-order chi connectivity index (χ1) is 19.6. The van der Waals surface area contributed by atoms with Crippen LogP contribution < -0.4 is 15.1 Å². The highest BCUT2D eigenvalue weighted by atomic mass is 16.3. The van der Waals surface area contributed by atoms with Crippen molar-refractivity contribution in [3.63, 3.8) is 0 Å². The molecule has 0 amide bonds. The Balaban J connectivity index is 0.980. The average molecular weight is 538 g/mol. The summed E-state index contributed by atoms with van der Waals surface area (Å²) in [4.78, 5) is 20.6. The van der Waals surface area contributed by atoms with E-state index in [0.717, 1.165) is 67.9 Å². The Kier molecular flexibility index (Phi) is 5.50. The number of nitrogens with zero attached hydrogens (tertiary/aromatic N) is 7. The molecule has 0 unspecified atom stereocenters. The molecule has 2 saturated heterocycles. The van der Waals surface area contributed by atoms with Crippen molar-refractivity contribution in [2.75, 3.05) is 55.6 Å². The summed E-state index contributed by atoms with van der Waals surface area (Å²) < 4.78 is 0. The van der Waals surface area contributed by atoms with Crippen LogP contribution in [-0.2, 0) is 6.42 Å². The topological polar surface area (TPSA) is 109 Å². The van der Waals surface area contributed by atoms with Crippen molar-refractivity contribution < 1.29 is 5.11 Å². The predicted molar refractivity (Wildman–Crippen MR) is 155 cm³/mol. The van der Waals surface area contributed by atoms with Gasteiger partial charge in [-0.05, 0) is 43.4 Å². The zero-order chi connectivity index (χ0) is 26.8. The highest BCUT2D eigenvalue weighted by Gasteiger charge is 2.50. The van der Waals surface area contributed by atoms with Crippen molar-refractivity contribution in [3.05, 3.63) is 54.0 Å². The van der Waals surface area contributed by atoms with Gasteiger partial charge in [-0.25, -0.2) is 9.97 Å². The SMILES string of the molecule is C[C@H]1c2c([nH]c3nnc(-c4ccccc4O)cc23)CCN1c1ncc(N2CCN(C3CC4(CNC4)C3)CC2)cn1. The number of aromatic amines is 1. The van der Waals surface area contributed by atoms with E-state index in [0.29, 0.717) is 16.7 Å². The molecule has 3 N–H and O–H groups in total. The van der Waals surface area contributed by atoms with Crippen LogP contribution in [-0.4, -0.2) is 87.0 Å². The van der Waals surface area contributed by atoms with Crippen molar-refractivity contribution >= 4 is 22.7 Å². The summed E-state index contributed by atoms with van der Waals surface area (Å²) in [5.41, 5.74) is 6.24. The Morgan fingerprint density at radius 2 is 1.75 bits per heavy atom. The molecule has 1 atom stereocenters. The third-order valence-corrected chi connectivity index (χ3v) is 9.76. The molecule has 10 heteroatoms. The van der Waals surface area contributed by atoms with Gasteiger partial charge in [0.15, 0.2) is 5.65 Å². The van der Waals surface area contributed by atoms with E-state index >= 15 is 0 Å². The number of phenolic OH excluding ortho intramolecular Hbond substituents is 1. The molecule has 10 nitrogen and oxygen atoms in total. The zero-order valence-electron chi connectivity index (χ0n) is 22.8. The van der Waals surface area contributed by atoms with Crippen LogP contribution in [0.2, 0.25) is 0 Å². The fraction of sp³-hybridized carbons (Fsp3) is 0.467. The van der Waals surface area contributed by atoms with E-state index in [2.05, 4.69) is 42.1 Å². The average Bonchev–Trinajstić information content (AvgIpc) is 3.31. The molecule has 3 fully saturated rings. The minimum Gasteiger partial charge on any atom is -0.507 e. The minimum absolute atomic E-state index is 0.0740. The van der Waals surface area contributed by atoms with Crippen LogP contribution in [0.25, 0.3) is 22.3 Å². The van der Waals surface area contributed by atoms with Gasteiger partial charge < -0.3 is 25.2 Å². The third kappa shape index (κ3) is 3.84. The smallest absolute Gasteiger partial charge is 0.225 e. The van der Waals surface area contributed by atoms with E-state index in [-0.39, 0.29) is 11.8 Å². The molecule has 3 aromatic heterocycles. The largest absolute Gasteiger partial charge is 0.507 e. The van der Waals surface area contributed by atoms with Crippen molar-refractivity contribution in [1.29, 1.82) is 0 Å². The molecule has 0 bridgehead atoms. The summed E-state index contributed by atoms with van der Waals surface area (Å²) in [5, 5.41) is 23.7. The third-order valence-electron chi connectivity index (χ3n) is 9.76. The first kappa shape index (κ1) is 24.1. The lowest BCUT2D eigenvalue weighted by Crippen LogP contribution is -2.66. The Morgan fingerprint density at radius 3 is 2.48 bits per heavy atom. The van der Waals surface area contributed by atoms with Gasteiger partial charge in [0.05, 0.1) is 29.8 Å². The number of aromatic nitrogens is 5. The Hall–Kier alpha value is -3.76. The number of hydrogen-bond donors (Lipinski definition) is 3. The number of fused-ring (bicyclic) bond motifs is 3. The van der Waals surface area contributed by atoms with Crippen LogP contribution in [0.15, 0.2) is 42.7 Å². The summed E-state index contributed by atoms with van der Waals surface area (Å²) in [5.74, 6) is 0.958. The normalized spacial score (nSPS) is 22.8. The van der Waals surface area contributed by atoms with E-state index in [1.54, 1.807) is 6.07 Å². The summed E-state index contributed by atoms with van der Waals surface area (Å²) in [6.07, 6.45) is 7.58. The first-order valence-electron chi connectivity index (χ1n) is 14.5. The number of benzene rings is 1. The van der Waals surface area contributed by atoms with E-state index in [9.17, 15) is 5.11 Å². The molecule has 1 aliphatic carbocycles. The highest BCUT2D eigenvalue weighted by Crippen LogP contribution is 2.46. The number of piperazine rings is 1. The molecule has 1 spiro atoms. The molecule has 206 valence electrons. The van der Waals surface area contributed by atoms with Crippen LogP contribution in [0, 0.1) is 5.41 Å². The summed E-state index contributed by atoms with van der Waals surface area (Å²) in [6, 6.07) is 10.1. The van der Waals surface area contributed by atoms with Gasteiger partial charge in [0.25, 0.3) is 0 Å². The van der Waals surface area contributed by atoms with E-state index in [4.69, 9.17) is 9.97 Å². The van der Waals surface area contributed by atoms with Crippen LogP contribution in [0.3, 0.4) is 0 Å². The molecule has 4 aromatic rings. The van der Waals surface area contributed by atoms with E-state index in [1.807, 2.05) is 36.7 Å². The number of rotatable bonds is 4. The van der Waals surface area contributed by atoms with E-state index in [1.165, 1.54) is 37.2 Å². The zero-order valence-corrected chi connectivity index (χ0v) is 22.8. The standard InChI is InChI=1S/C30H35N9O/c1-19-27-23-12-25(22-4-2-3-5-26(22)40)35-36-28(23)34-24(27)6-7-39(19)29-32-15-21(16-33-29)38-10-8-37(9-11-38)20-13-30(14-20)17-31-18-30/h2-5,12,15-16,19-20,31,40H,6-11,13-14,17-18H2,1H3,(H,34,36)/t19-/m0/s1. The van der Waals surface area contributed by atoms with Gasteiger partial charge in [-0.2, -0.15) is 0 Å². The summed E-state index contributed by atoms with van der Waals surface area (Å²) in [7, 11) is 0. The molecule has 4 aliphatic rings. The molecule has 6 heterocycles. The van der Waals surface area contributed by atoms with Gasteiger partial charge in [-0.15, -0.1) is 10.2 Å². The lowest BCUT2D eigenvalue weighted by Gasteiger charge is -2.58. The van der Waals surface area contributed by atoms with Gasteiger partial charge in [0.2, 0.25) is 5.95 Å². The first-order valence-corrected chi connectivity index (χ1v) is 14.5. The number of phenols is 1. The minimum atomic E-state index is 0.0740. The van der Waals surface area contributed by atoms with Crippen molar-refractivity contribution in [2.45, 2.75) is 38.3 Å². The van der Waals surface area contributed by atoms with Gasteiger partial charge in [-0.3, -0.25) is 4.90 Å². The molecule has 1 aromatic carbocycles. The van der Waals surface area contributed by atoms with Gasteiger partial charge in [0.1, 0.15) is 5.75 Å². The second-order valence-corrected chi connectivity index (χ2v) is 12.1. The van der Waals surface area contributed by atoms with Crippen molar-refractivity contribution in [2.24, 2.45) is 5.41 Å². The number of aromatic hydroxyl groups is 1. The summed E-state index contributed by atoms with van der Waals surface area (Å²) >= 11 is 0. The number of para-hydroxylation sites is 1. The van der Waals surface area contributed by atoms with E-state index < -0.39 is 0 Å². The summed E-state index contributed by atoms with van der Waals surface area (Å²) in [6.45, 7) is 9.77. The second-order valence-electron chi connectivity index (χ2n) is 12.1. The molecular weight excluding hydrogens is 502 g/mol. The number of hydrogen-bond acceptors (Lipinski definition) is 9. The van der Waals surface area contributed by atoms with Gasteiger partial charge in [-0.1, -0.05) is 12.1 Å². The lowest BCUT2D eigenvalue weighted by molar-refractivity contribution is -0.0373. The quantitative estimate of drug-likeness (QED) is 0.362. The fourth-order valence-corrected chi connectivity index (χ4v) is 7.35. The van der Waals surface area contributed by atoms with Gasteiger partial charge in [0, 0.05) is 80.5 Å². The van der Waals surface area contributed by atoms with Crippen molar-refractivity contribution in [1.82, 2.24) is 35.4 Å². The lowest BCUT2D eigenvalue weighted by atomic mass is 9.61. The number of anilines is 2. The molecule has 8 rings (SSSR count). The fourth-order valence-electron chi connectivity index (χ4n) is 7.35. The second kappa shape index (κ2) is 9.14. The highest BCUT2D eigenvalue weighted by molar-refractivity contribution is 5.86. The molecular formula is C30H35N9O. The number of nitrogens with one attached hydrogen (secondary N) is 2. The van der Waals surface area contributed by atoms with Crippen LogP contribution in [0.4, 0.5) is 11.6 Å².